The molecule has 1 aliphatic rings. The van der Waals surface area contributed by atoms with Gasteiger partial charge in [0.1, 0.15) is 0 Å². The van der Waals surface area contributed by atoms with E-state index in [-0.39, 0.29) is 18.9 Å². The number of amides is 1. The first kappa shape index (κ1) is 16.8. The molecule has 0 unspecified atom stereocenters. The number of carbonyl (C=O) groups is 1. The van der Waals surface area contributed by atoms with E-state index in [1.54, 1.807) is 18.2 Å². The maximum absolute atomic E-state index is 12.4. The summed E-state index contributed by atoms with van der Waals surface area (Å²) in [5, 5.41) is 21.2. The van der Waals surface area contributed by atoms with E-state index in [4.69, 9.17) is 5.26 Å². The lowest BCUT2D eigenvalue weighted by Crippen LogP contribution is -2.15. The molecule has 1 aromatic heterocycles. The first-order chi connectivity index (χ1) is 13.2. The summed E-state index contributed by atoms with van der Waals surface area (Å²) < 4.78 is 1.88. The predicted octanol–water partition coefficient (Wildman–Crippen LogP) is 3.30. The van der Waals surface area contributed by atoms with Crippen LogP contribution in [0, 0.1) is 11.3 Å². The summed E-state index contributed by atoms with van der Waals surface area (Å²) in [6, 6.07) is 16.6. The Kier molecular flexibility index (Phi) is 4.29. The van der Waals surface area contributed by atoms with E-state index in [9.17, 15) is 9.90 Å². The molecule has 3 aromatic rings. The molecule has 27 heavy (non-hydrogen) atoms. The van der Waals surface area contributed by atoms with Gasteiger partial charge in [0.05, 0.1) is 41.7 Å². The van der Waals surface area contributed by atoms with Gasteiger partial charge in [0.25, 0.3) is 0 Å². The van der Waals surface area contributed by atoms with Crippen molar-refractivity contribution >= 4 is 23.0 Å². The van der Waals surface area contributed by atoms with E-state index in [0.717, 1.165) is 16.8 Å². The zero-order valence-corrected chi connectivity index (χ0v) is 14.4. The minimum absolute atomic E-state index is 0.0237. The molecule has 0 bridgehead atoms. The van der Waals surface area contributed by atoms with E-state index >= 15 is 0 Å². The van der Waals surface area contributed by atoms with Gasteiger partial charge in [-0.2, -0.15) is 5.26 Å². The van der Waals surface area contributed by atoms with Gasteiger partial charge >= 0.3 is 0 Å². The first-order valence-corrected chi connectivity index (χ1v) is 8.46. The van der Waals surface area contributed by atoms with Crippen molar-refractivity contribution in [3.63, 3.8) is 0 Å². The highest BCUT2D eigenvalue weighted by Gasteiger charge is 2.18. The number of anilines is 1. The summed E-state index contributed by atoms with van der Waals surface area (Å²) in [5.41, 5.74) is 4.88. The van der Waals surface area contributed by atoms with Crippen LogP contribution in [0.15, 0.2) is 65.9 Å². The normalized spacial score (nSPS) is 13.2. The fourth-order valence-electron chi connectivity index (χ4n) is 3.04. The zero-order chi connectivity index (χ0) is 18.8. The SMILES string of the molecule is N#Cc1cccc(C2=Nc3ccc(-n4ccc(CO)c4)cc3NC(=O)C2)c1. The summed E-state index contributed by atoms with van der Waals surface area (Å²) in [6.07, 6.45) is 3.83. The highest BCUT2D eigenvalue weighted by Crippen LogP contribution is 2.31. The van der Waals surface area contributed by atoms with Crippen LogP contribution >= 0.6 is 0 Å². The minimum atomic E-state index is -0.157. The Labute approximate surface area is 156 Å². The predicted molar refractivity (Wildman–Crippen MR) is 102 cm³/mol. The molecule has 6 heteroatoms. The third-order valence-corrected chi connectivity index (χ3v) is 4.40. The van der Waals surface area contributed by atoms with E-state index < -0.39 is 0 Å². The van der Waals surface area contributed by atoms with Crippen LogP contribution in [0.25, 0.3) is 5.69 Å². The largest absolute Gasteiger partial charge is 0.392 e. The van der Waals surface area contributed by atoms with Gasteiger partial charge in [-0.3, -0.25) is 9.79 Å². The summed E-state index contributed by atoms with van der Waals surface area (Å²) in [5.74, 6) is -0.157. The van der Waals surface area contributed by atoms with Gasteiger partial charge < -0.3 is 15.0 Å². The highest BCUT2D eigenvalue weighted by atomic mass is 16.3. The van der Waals surface area contributed by atoms with Gasteiger partial charge in [0.15, 0.2) is 0 Å². The molecule has 0 atom stereocenters. The van der Waals surface area contributed by atoms with Crippen LogP contribution < -0.4 is 5.32 Å². The van der Waals surface area contributed by atoms with Crippen LogP contribution in [0.4, 0.5) is 11.4 Å². The third kappa shape index (κ3) is 3.36. The van der Waals surface area contributed by atoms with Crippen molar-refractivity contribution in [3.8, 4) is 11.8 Å². The molecule has 1 amide bonds. The van der Waals surface area contributed by atoms with Crippen molar-refractivity contribution in [1.29, 1.82) is 5.26 Å². The van der Waals surface area contributed by atoms with Crippen molar-refractivity contribution in [2.24, 2.45) is 4.99 Å². The number of carbonyl (C=O) groups excluding carboxylic acids is 1. The van der Waals surface area contributed by atoms with E-state index in [2.05, 4.69) is 16.4 Å². The van der Waals surface area contributed by atoms with Crippen LogP contribution in [0.5, 0.6) is 0 Å². The van der Waals surface area contributed by atoms with Crippen molar-refractivity contribution < 1.29 is 9.90 Å². The molecule has 0 fully saturated rings. The first-order valence-electron chi connectivity index (χ1n) is 8.46. The fraction of sp³-hybridized carbons (Fsp3) is 0.0952. The Hall–Kier alpha value is -3.69. The van der Waals surface area contributed by atoms with Gasteiger partial charge in [-0.05, 0) is 47.5 Å². The van der Waals surface area contributed by atoms with Crippen LogP contribution in [0.3, 0.4) is 0 Å². The van der Waals surface area contributed by atoms with Crippen molar-refractivity contribution in [2.45, 2.75) is 13.0 Å². The summed E-state index contributed by atoms with van der Waals surface area (Å²) in [6.45, 7) is -0.0237. The van der Waals surface area contributed by atoms with Crippen molar-refractivity contribution in [3.05, 3.63) is 77.6 Å². The number of fused-ring (bicyclic) bond motifs is 1. The Morgan fingerprint density at radius 1 is 1.22 bits per heavy atom. The third-order valence-electron chi connectivity index (χ3n) is 4.40. The lowest BCUT2D eigenvalue weighted by atomic mass is 10.0. The Morgan fingerprint density at radius 2 is 2.11 bits per heavy atom. The molecule has 2 heterocycles. The Bertz CT molecular complexity index is 1110. The number of nitrogens with zero attached hydrogens (tertiary/aromatic N) is 3. The molecule has 1 aliphatic heterocycles. The average molecular weight is 356 g/mol. The molecule has 132 valence electrons. The average Bonchev–Trinajstić information content (AvgIpc) is 3.11. The molecule has 0 spiro atoms. The second-order valence-electron chi connectivity index (χ2n) is 6.26. The number of rotatable bonds is 3. The molecule has 0 aliphatic carbocycles. The molecule has 4 rings (SSSR count). The quantitative estimate of drug-likeness (QED) is 0.754. The van der Waals surface area contributed by atoms with E-state index in [0.29, 0.717) is 22.6 Å². The topological polar surface area (TPSA) is 90.4 Å². The van der Waals surface area contributed by atoms with Crippen molar-refractivity contribution in [2.75, 3.05) is 5.32 Å². The number of aliphatic imine (C=N–C) groups is 1. The molecule has 2 aromatic carbocycles. The number of hydrogen-bond donors (Lipinski definition) is 2. The molecule has 0 saturated carbocycles. The lowest BCUT2D eigenvalue weighted by molar-refractivity contribution is -0.115. The Morgan fingerprint density at radius 3 is 2.89 bits per heavy atom. The van der Waals surface area contributed by atoms with Gasteiger partial charge in [0, 0.05) is 18.1 Å². The molecule has 0 saturated heterocycles. The van der Waals surface area contributed by atoms with Gasteiger partial charge in [-0.15, -0.1) is 0 Å². The molecule has 0 radical (unpaired) electrons. The molecule has 6 nitrogen and oxygen atoms in total. The molecule has 2 N–H and O–H groups in total. The highest BCUT2D eigenvalue weighted by molar-refractivity contribution is 6.17. The van der Waals surface area contributed by atoms with E-state index in [1.165, 1.54) is 0 Å². The van der Waals surface area contributed by atoms with E-state index in [1.807, 2.05) is 47.3 Å². The maximum Gasteiger partial charge on any atom is 0.230 e. The number of aromatic nitrogens is 1. The van der Waals surface area contributed by atoms with Gasteiger partial charge in [0.2, 0.25) is 5.91 Å². The zero-order valence-electron chi connectivity index (χ0n) is 14.4. The van der Waals surface area contributed by atoms with Crippen molar-refractivity contribution in [1.82, 2.24) is 4.57 Å². The smallest absolute Gasteiger partial charge is 0.230 e. The lowest BCUT2D eigenvalue weighted by Gasteiger charge is -2.09. The van der Waals surface area contributed by atoms with Crippen LogP contribution in [-0.2, 0) is 11.4 Å². The monoisotopic (exact) mass is 356 g/mol. The van der Waals surface area contributed by atoms with Crippen LogP contribution in [0.2, 0.25) is 0 Å². The maximum atomic E-state index is 12.4. The van der Waals surface area contributed by atoms with Crippen LogP contribution in [0.1, 0.15) is 23.1 Å². The number of aliphatic hydroxyl groups excluding tert-OH is 1. The summed E-state index contributed by atoms with van der Waals surface area (Å²) >= 11 is 0. The number of nitrogens with one attached hydrogen (secondary N) is 1. The molecular formula is C21H16N4O2. The number of aliphatic hydroxyl groups is 1. The number of benzene rings is 2. The second-order valence-corrected chi connectivity index (χ2v) is 6.26. The molecular weight excluding hydrogens is 340 g/mol. The van der Waals surface area contributed by atoms with Gasteiger partial charge in [-0.1, -0.05) is 12.1 Å². The standard InChI is InChI=1S/C21H16N4O2/c22-11-14-2-1-3-16(8-14)19-10-21(27)24-20-9-17(4-5-18(20)23-19)25-7-6-15(12-25)13-26/h1-9,12,26H,10,13H2,(H,24,27). The number of hydrogen-bond acceptors (Lipinski definition) is 4. The Balaban J connectivity index is 1.75. The summed E-state index contributed by atoms with van der Waals surface area (Å²) in [4.78, 5) is 17.1. The number of nitriles is 1. The second kappa shape index (κ2) is 6.90. The fourth-order valence-corrected chi connectivity index (χ4v) is 3.04. The minimum Gasteiger partial charge on any atom is -0.392 e. The summed E-state index contributed by atoms with van der Waals surface area (Å²) in [7, 11) is 0. The van der Waals surface area contributed by atoms with Gasteiger partial charge in [-0.25, -0.2) is 0 Å². The van der Waals surface area contributed by atoms with Crippen LogP contribution in [-0.4, -0.2) is 21.3 Å².